The first kappa shape index (κ1) is 13.2. The average molecular weight is 241 g/mol. The molecule has 0 radical (unpaired) electrons. The normalized spacial score (nSPS) is 12.5. The first-order chi connectivity index (χ1) is 7.49. The van der Waals surface area contributed by atoms with E-state index in [1.807, 2.05) is 0 Å². The van der Waals surface area contributed by atoms with Crippen LogP contribution in [0.5, 0.6) is 0 Å². The van der Waals surface area contributed by atoms with E-state index >= 15 is 0 Å². The first-order valence-electron chi connectivity index (χ1n) is 5.49. The van der Waals surface area contributed by atoms with Gasteiger partial charge >= 0.3 is 0 Å². The minimum atomic E-state index is -0.406. The summed E-state index contributed by atoms with van der Waals surface area (Å²) in [5.41, 5.74) is 1.28. The van der Waals surface area contributed by atoms with E-state index < -0.39 is 6.10 Å². The summed E-state index contributed by atoms with van der Waals surface area (Å²) in [6, 6.07) is 2.11. The third-order valence-corrected chi connectivity index (χ3v) is 3.62. The quantitative estimate of drug-likeness (QED) is 0.830. The third kappa shape index (κ3) is 4.33. The Bertz CT molecular complexity index is 338. The van der Waals surface area contributed by atoms with Gasteiger partial charge in [0, 0.05) is 16.2 Å². The summed E-state index contributed by atoms with van der Waals surface area (Å²) < 4.78 is 0. The van der Waals surface area contributed by atoms with Crippen molar-refractivity contribution in [1.82, 2.24) is 5.32 Å². The Kier molecular flexibility index (Phi) is 4.96. The van der Waals surface area contributed by atoms with Crippen molar-refractivity contribution in [2.75, 3.05) is 0 Å². The number of aryl methyl sites for hydroxylation is 2. The number of carbonyl (C=O) groups excluding carboxylic acids is 1. The molecule has 0 aromatic carbocycles. The zero-order valence-electron chi connectivity index (χ0n) is 10.0. The van der Waals surface area contributed by atoms with Gasteiger partial charge < -0.3 is 10.4 Å². The Morgan fingerprint density at radius 2 is 2.25 bits per heavy atom. The maximum absolute atomic E-state index is 11.4. The zero-order chi connectivity index (χ0) is 12.1. The van der Waals surface area contributed by atoms with Crippen LogP contribution in [0.3, 0.4) is 0 Å². The van der Waals surface area contributed by atoms with Crippen LogP contribution in [0.4, 0.5) is 0 Å². The Hall–Kier alpha value is -0.870. The molecule has 0 spiro atoms. The fourth-order valence-electron chi connectivity index (χ4n) is 1.35. The predicted octanol–water partition coefficient (Wildman–Crippen LogP) is 2.14. The molecule has 1 rings (SSSR count). The summed E-state index contributed by atoms with van der Waals surface area (Å²) in [5, 5.41) is 11.9. The van der Waals surface area contributed by atoms with Crippen LogP contribution in [0.15, 0.2) is 6.07 Å². The van der Waals surface area contributed by atoms with Crippen molar-refractivity contribution in [3.8, 4) is 0 Å². The van der Waals surface area contributed by atoms with Crippen LogP contribution >= 0.6 is 11.3 Å². The number of aliphatic hydroxyl groups excluding tert-OH is 1. The van der Waals surface area contributed by atoms with E-state index in [4.69, 9.17) is 5.11 Å². The lowest BCUT2D eigenvalue weighted by molar-refractivity contribution is -0.121. The molecule has 1 amide bonds. The minimum Gasteiger partial charge on any atom is -0.393 e. The molecule has 1 heterocycles. The number of hydrogen-bond donors (Lipinski definition) is 2. The molecule has 16 heavy (non-hydrogen) atoms. The average Bonchev–Trinajstić information content (AvgIpc) is 2.52. The van der Waals surface area contributed by atoms with Crippen LogP contribution < -0.4 is 5.32 Å². The summed E-state index contributed by atoms with van der Waals surface area (Å²) in [5.74, 6) is 0.00426. The van der Waals surface area contributed by atoms with Crippen molar-refractivity contribution in [2.24, 2.45) is 0 Å². The topological polar surface area (TPSA) is 49.3 Å². The number of amides is 1. The molecule has 2 N–H and O–H groups in total. The maximum Gasteiger partial charge on any atom is 0.220 e. The van der Waals surface area contributed by atoms with Crippen LogP contribution in [-0.4, -0.2) is 17.1 Å². The fraction of sp³-hybridized carbons (Fsp3) is 0.583. The van der Waals surface area contributed by atoms with E-state index in [1.54, 1.807) is 18.3 Å². The lowest BCUT2D eigenvalue weighted by atomic mass is 10.2. The molecule has 0 saturated heterocycles. The second-order valence-electron chi connectivity index (χ2n) is 4.12. The van der Waals surface area contributed by atoms with Gasteiger partial charge in [-0.25, -0.2) is 0 Å². The summed E-state index contributed by atoms with van der Waals surface area (Å²) in [6.45, 7) is 6.45. The summed E-state index contributed by atoms with van der Waals surface area (Å²) in [6.07, 6.45) is 0.506. The number of hydrogen-bond acceptors (Lipinski definition) is 3. The van der Waals surface area contributed by atoms with Gasteiger partial charge in [0.1, 0.15) is 0 Å². The summed E-state index contributed by atoms with van der Waals surface area (Å²) in [4.78, 5) is 13.9. The smallest absolute Gasteiger partial charge is 0.220 e. The van der Waals surface area contributed by atoms with Crippen molar-refractivity contribution in [1.29, 1.82) is 0 Å². The van der Waals surface area contributed by atoms with Crippen LogP contribution in [0, 0.1) is 13.8 Å². The lowest BCUT2D eigenvalue weighted by Gasteiger charge is -2.05. The van der Waals surface area contributed by atoms with Crippen LogP contribution in [0.2, 0.25) is 0 Å². The van der Waals surface area contributed by atoms with Gasteiger partial charge in [-0.2, -0.15) is 0 Å². The molecule has 0 saturated carbocycles. The van der Waals surface area contributed by atoms with E-state index in [1.165, 1.54) is 15.3 Å². The molecule has 1 aromatic heterocycles. The van der Waals surface area contributed by atoms with Crippen molar-refractivity contribution in [2.45, 2.75) is 46.3 Å². The number of nitrogens with one attached hydrogen (secondary N) is 1. The fourth-order valence-corrected chi connectivity index (χ4v) is 2.34. The van der Waals surface area contributed by atoms with Gasteiger partial charge in [-0.3, -0.25) is 4.79 Å². The second-order valence-corrected chi connectivity index (χ2v) is 5.46. The van der Waals surface area contributed by atoms with Crippen LogP contribution in [0.25, 0.3) is 0 Å². The molecule has 0 bridgehead atoms. The molecule has 0 fully saturated rings. The maximum atomic E-state index is 11.4. The highest BCUT2D eigenvalue weighted by Gasteiger charge is 2.06. The number of aliphatic hydroxyl groups is 1. The Balaban J connectivity index is 2.31. The van der Waals surface area contributed by atoms with Gasteiger partial charge in [0.2, 0.25) is 5.91 Å². The molecule has 1 atom stereocenters. The molecule has 4 heteroatoms. The molecule has 90 valence electrons. The summed E-state index contributed by atoms with van der Waals surface area (Å²) in [7, 11) is 0. The lowest BCUT2D eigenvalue weighted by Crippen LogP contribution is -2.23. The first-order valence-corrected chi connectivity index (χ1v) is 6.31. The molecule has 1 unspecified atom stereocenters. The van der Waals surface area contributed by atoms with Crippen molar-refractivity contribution >= 4 is 17.2 Å². The minimum absolute atomic E-state index is 0.00426. The van der Waals surface area contributed by atoms with E-state index in [2.05, 4.69) is 25.2 Å². The molecule has 0 aliphatic carbocycles. The highest BCUT2D eigenvalue weighted by molar-refractivity contribution is 7.12. The van der Waals surface area contributed by atoms with Crippen molar-refractivity contribution < 1.29 is 9.90 Å². The predicted molar refractivity (Wildman–Crippen MR) is 66.6 cm³/mol. The molecule has 3 nitrogen and oxygen atoms in total. The number of thiophene rings is 1. The zero-order valence-corrected chi connectivity index (χ0v) is 10.9. The van der Waals surface area contributed by atoms with Crippen molar-refractivity contribution in [3.63, 3.8) is 0 Å². The third-order valence-electron chi connectivity index (χ3n) is 2.47. The molecule has 0 aliphatic rings. The molecular weight excluding hydrogens is 222 g/mol. The Morgan fingerprint density at radius 3 is 2.75 bits per heavy atom. The standard InChI is InChI=1S/C12H19NO2S/c1-8-6-11(16-10(8)3)7-13-12(15)5-4-9(2)14/h6,9,14H,4-5,7H2,1-3H3,(H,13,15). The summed E-state index contributed by atoms with van der Waals surface area (Å²) >= 11 is 1.72. The van der Waals surface area contributed by atoms with Gasteiger partial charge in [-0.05, 0) is 38.8 Å². The SMILES string of the molecule is Cc1cc(CNC(=O)CCC(C)O)sc1C. The van der Waals surface area contributed by atoms with E-state index in [0.29, 0.717) is 19.4 Å². The number of rotatable bonds is 5. The number of carbonyl (C=O) groups is 1. The highest BCUT2D eigenvalue weighted by atomic mass is 32.1. The van der Waals surface area contributed by atoms with Gasteiger partial charge in [0.05, 0.1) is 12.6 Å². The largest absolute Gasteiger partial charge is 0.393 e. The van der Waals surface area contributed by atoms with E-state index in [9.17, 15) is 4.79 Å². The molecule has 0 aliphatic heterocycles. The van der Waals surface area contributed by atoms with Gasteiger partial charge in [0.25, 0.3) is 0 Å². The van der Waals surface area contributed by atoms with E-state index in [-0.39, 0.29) is 5.91 Å². The van der Waals surface area contributed by atoms with E-state index in [0.717, 1.165) is 0 Å². The van der Waals surface area contributed by atoms with Crippen LogP contribution in [-0.2, 0) is 11.3 Å². The monoisotopic (exact) mass is 241 g/mol. The second kappa shape index (κ2) is 6.01. The Morgan fingerprint density at radius 1 is 1.56 bits per heavy atom. The molecule has 1 aromatic rings. The molecular formula is C12H19NO2S. The van der Waals surface area contributed by atoms with Crippen molar-refractivity contribution in [3.05, 3.63) is 21.4 Å². The Labute approximate surface area is 100 Å². The highest BCUT2D eigenvalue weighted by Crippen LogP contribution is 2.20. The van der Waals surface area contributed by atoms with Gasteiger partial charge in [-0.1, -0.05) is 0 Å². The van der Waals surface area contributed by atoms with Gasteiger partial charge in [-0.15, -0.1) is 11.3 Å². The van der Waals surface area contributed by atoms with Gasteiger partial charge in [0.15, 0.2) is 0 Å². The van der Waals surface area contributed by atoms with Crippen LogP contribution in [0.1, 0.15) is 35.1 Å².